The number of aromatic nitrogens is 2. The average molecular weight is 335 g/mol. The number of nitrogens with zero attached hydrogens (tertiary/aromatic N) is 4. The van der Waals surface area contributed by atoms with E-state index in [4.69, 9.17) is 0 Å². The van der Waals surface area contributed by atoms with Crippen molar-refractivity contribution in [1.82, 2.24) is 15.1 Å². The van der Waals surface area contributed by atoms with Crippen LogP contribution >= 0.6 is 0 Å². The van der Waals surface area contributed by atoms with Gasteiger partial charge < -0.3 is 0 Å². The van der Waals surface area contributed by atoms with Gasteiger partial charge in [0.05, 0.1) is 0 Å². The summed E-state index contributed by atoms with van der Waals surface area (Å²) in [5.41, 5.74) is 2.28. The molecular formula is C15H20N4Se. The molecule has 4 aliphatic heterocycles. The van der Waals surface area contributed by atoms with Crippen LogP contribution in [0.4, 0.5) is 5.82 Å². The maximum absolute atomic E-state index is 4.50. The Morgan fingerprint density at radius 1 is 1.05 bits per heavy atom. The molecule has 3 fully saturated rings. The van der Waals surface area contributed by atoms with Crippen molar-refractivity contribution in [2.45, 2.75) is 18.9 Å². The van der Waals surface area contributed by atoms with E-state index in [0.29, 0.717) is 6.04 Å². The van der Waals surface area contributed by atoms with Crippen LogP contribution in [0.3, 0.4) is 0 Å². The monoisotopic (exact) mass is 336 g/mol. The van der Waals surface area contributed by atoms with E-state index < -0.39 is 0 Å². The van der Waals surface area contributed by atoms with Gasteiger partial charge in [-0.1, -0.05) is 0 Å². The fourth-order valence-electron chi connectivity index (χ4n) is 3.30. The summed E-state index contributed by atoms with van der Waals surface area (Å²) in [5, 5.41) is 8.95. The van der Waals surface area contributed by atoms with Crippen molar-refractivity contribution in [3.05, 3.63) is 33.9 Å². The van der Waals surface area contributed by atoms with Crippen molar-refractivity contribution in [1.29, 1.82) is 0 Å². The SMILES string of the molecule is C1=CC(c2ccc(N3CCN4CCC3CC4)nn2)=C[SeH2]1. The molecular weight excluding hydrogens is 315 g/mol. The summed E-state index contributed by atoms with van der Waals surface area (Å²) in [6.45, 7) is 4.75. The number of piperidine rings is 1. The second-order valence-corrected chi connectivity index (χ2v) is 7.65. The fraction of sp³-hybridized carbons (Fsp3) is 0.467. The first-order chi connectivity index (χ1) is 9.90. The molecule has 0 atom stereocenters. The molecule has 2 bridgehead atoms. The number of fused-ring (bicyclic) bond motifs is 4. The molecule has 0 aromatic carbocycles. The Morgan fingerprint density at radius 2 is 1.95 bits per heavy atom. The molecule has 0 N–H and O–H groups in total. The summed E-state index contributed by atoms with van der Waals surface area (Å²) in [6, 6.07) is 4.95. The zero-order valence-electron chi connectivity index (χ0n) is 11.5. The molecule has 5 heteroatoms. The van der Waals surface area contributed by atoms with Gasteiger partial charge in [-0.25, -0.2) is 0 Å². The molecule has 106 valence electrons. The molecule has 0 spiro atoms. The van der Waals surface area contributed by atoms with Crippen LogP contribution in [0.15, 0.2) is 28.2 Å². The van der Waals surface area contributed by atoms with E-state index in [1.807, 2.05) is 0 Å². The molecule has 0 amide bonds. The Balaban J connectivity index is 1.57. The van der Waals surface area contributed by atoms with E-state index in [2.05, 4.69) is 48.2 Å². The molecule has 0 unspecified atom stereocenters. The first kappa shape index (κ1) is 12.6. The summed E-state index contributed by atoms with van der Waals surface area (Å²) in [5.74, 6) is 1.06. The molecule has 0 saturated carbocycles. The average Bonchev–Trinajstić information content (AvgIpc) is 2.88. The van der Waals surface area contributed by atoms with Crippen molar-refractivity contribution in [3.8, 4) is 0 Å². The number of allylic oxidation sites excluding steroid dienone is 2. The first-order valence-electron chi connectivity index (χ1n) is 7.36. The van der Waals surface area contributed by atoms with Crippen LogP contribution in [0.1, 0.15) is 18.5 Å². The number of hydrogen-bond acceptors (Lipinski definition) is 4. The molecule has 1 aromatic rings. The van der Waals surface area contributed by atoms with E-state index in [1.165, 1.54) is 38.0 Å². The maximum atomic E-state index is 4.50. The van der Waals surface area contributed by atoms with Crippen molar-refractivity contribution < 1.29 is 0 Å². The second-order valence-electron chi connectivity index (χ2n) is 5.64. The number of rotatable bonds is 2. The van der Waals surface area contributed by atoms with Crippen molar-refractivity contribution >= 4 is 26.3 Å². The first-order valence-corrected chi connectivity index (χ1v) is 9.78. The molecule has 1 aromatic heterocycles. The van der Waals surface area contributed by atoms with Crippen molar-refractivity contribution in [2.24, 2.45) is 0 Å². The molecule has 0 radical (unpaired) electrons. The van der Waals surface area contributed by atoms with Crippen LogP contribution in [0.5, 0.6) is 0 Å². The van der Waals surface area contributed by atoms with Gasteiger partial charge in [-0.2, -0.15) is 0 Å². The van der Waals surface area contributed by atoms with Crippen LogP contribution in [0.25, 0.3) is 5.57 Å². The second kappa shape index (κ2) is 5.32. The predicted octanol–water partition coefficient (Wildman–Crippen LogP) is 0.798. The zero-order valence-corrected chi connectivity index (χ0v) is 13.6. The van der Waals surface area contributed by atoms with Gasteiger partial charge in [0.15, 0.2) is 0 Å². The summed E-state index contributed by atoms with van der Waals surface area (Å²) in [7, 11) is 0. The minimum absolute atomic E-state index is 0.00123. The quantitative estimate of drug-likeness (QED) is 0.749. The Hall–Kier alpha value is -1.16. The van der Waals surface area contributed by atoms with Gasteiger partial charge in [-0.05, 0) is 0 Å². The van der Waals surface area contributed by atoms with Gasteiger partial charge >= 0.3 is 125 Å². The van der Waals surface area contributed by atoms with E-state index >= 15 is 0 Å². The number of hydrogen-bond donors (Lipinski definition) is 0. The van der Waals surface area contributed by atoms with Crippen LogP contribution < -0.4 is 4.90 Å². The Bertz CT molecular complexity index is 543. The van der Waals surface area contributed by atoms with Gasteiger partial charge in [0.2, 0.25) is 0 Å². The molecule has 5 rings (SSSR count). The van der Waals surface area contributed by atoms with Gasteiger partial charge in [-0.15, -0.1) is 0 Å². The van der Waals surface area contributed by atoms with Crippen LogP contribution in [-0.4, -0.2) is 62.3 Å². The zero-order chi connectivity index (χ0) is 13.4. The molecule has 20 heavy (non-hydrogen) atoms. The van der Waals surface area contributed by atoms with Gasteiger partial charge in [0.25, 0.3) is 0 Å². The Labute approximate surface area is 125 Å². The van der Waals surface area contributed by atoms with Crippen LogP contribution in [0, 0.1) is 0 Å². The third-order valence-corrected chi connectivity index (χ3v) is 6.25. The van der Waals surface area contributed by atoms with Crippen LogP contribution in [0.2, 0.25) is 0 Å². The van der Waals surface area contributed by atoms with Gasteiger partial charge in [0.1, 0.15) is 0 Å². The third-order valence-electron chi connectivity index (χ3n) is 4.49. The summed E-state index contributed by atoms with van der Waals surface area (Å²) in [4.78, 5) is 9.64. The predicted molar refractivity (Wildman–Crippen MR) is 84.5 cm³/mol. The summed E-state index contributed by atoms with van der Waals surface area (Å²) >= 11 is -0.00123. The topological polar surface area (TPSA) is 32.3 Å². The van der Waals surface area contributed by atoms with Gasteiger partial charge in [0, 0.05) is 0 Å². The molecule has 5 heterocycles. The molecule has 4 nitrogen and oxygen atoms in total. The summed E-state index contributed by atoms with van der Waals surface area (Å²) < 4.78 is 0. The van der Waals surface area contributed by atoms with E-state index in [-0.39, 0.29) is 15.0 Å². The Morgan fingerprint density at radius 3 is 2.65 bits per heavy atom. The van der Waals surface area contributed by atoms with Crippen molar-refractivity contribution in [3.63, 3.8) is 0 Å². The fourth-order valence-corrected chi connectivity index (χ4v) is 4.97. The van der Waals surface area contributed by atoms with E-state index in [0.717, 1.165) is 18.1 Å². The minimum atomic E-state index is -0.00123. The molecule has 3 saturated heterocycles. The van der Waals surface area contributed by atoms with E-state index in [1.54, 1.807) is 0 Å². The van der Waals surface area contributed by atoms with Gasteiger partial charge in [-0.3, -0.25) is 0 Å². The van der Waals surface area contributed by atoms with Crippen LogP contribution in [-0.2, 0) is 0 Å². The standard InChI is InChI=1S/C15H20N4Se/c1-2-15(17-16-14(1)12-5-10-20-11-12)19-9-8-18-6-3-13(19)4-7-18/h1-2,5,10-11,13H,3-4,6-9,20H2. The van der Waals surface area contributed by atoms with E-state index in [9.17, 15) is 0 Å². The number of anilines is 1. The Kier molecular flexibility index (Phi) is 3.34. The third kappa shape index (κ3) is 2.30. The molecule has 4 aliphatic rings. The van der Waals surface area contributed by atoms with Crippen molar-refractivity contribution in [2.75, 3.05) is 31.1 Å². The molecule has 0 aliphatic carbocycles. The summed E-state index contributed by atoms with van der Waals surface area (Å²) in [6.07, 6.45) is 4.72. The normalized spacial score (nSPS) is 30.6.